The van der Waals surface area contributed by atoms with E-state index in [0.717, 1.165) is 0 Å². The van der Waals surface area contributed by atoms with Gasteiger partial charge in [0.15, 0.2) is 0 Å². The number of hydrogen-bond donors (Lipinski definition) is 3. The first kappa shape index (κ1) is 13.0. The van der Waals surface area contributed by atoms with E-state index < -0.39 is 11.9 Å². The molecule has 0 bridgehead atoms. The highest BCUT2D eigenvalue weighted by Crippen LogP contribution is 2.02. The van der Waals surface area contributed by atoms with Crippen molar-refractivity contribution in [2.45, 2.75) is 33.7 Å². The third-order valence-corrected chi connectivity index (χ3v) is 1.82. The van der Waals surface area contributed by atoms with Crippen molar-refractivity contribution in [3.05, 3.63) is 12.3 Å². The topological polar surface area (TPSA) is 61.4 Å². The van der Waals surface area contributed by atoms with Gasteiger partial charge in [-0.2, -0.15) is 0 Å². The third kappa shape index (κ3) is 4.87. The standard InChI is InChI=1S/C10H20N2O2/c1-7(2)5-6-11-9(8(3)4)10(13)12-14/h5-9,11,14H,1-4H3,(H,12,13)/b6-5+. The fraction of sp³-hybridized carbons (Fsp3) is 0.700. The number of rotatable bonds is 5. The summed E-state index contributed by atoms with van der Waals surface area (Å²) >= 11 is 0. The van der Waals surface area contributed by atoms with E-state index in [-0.39, 0.29) is 5.92 Å². The number of amides is 1. The number of carbonyl (C=O) groups is 1. The van der Waals surface area contributed by atoms with Gasteiger partial charge in [-0.3, -0.25) is 10.0 Å². The second-order valence-electron chi connectivity index (χ2n) is 3.97. The third-order valence-electron chi connectivity index (χ3n) is 1.82. The van der Waals surface area contributed by atoms with Crippen molar-refractivity contribution in [2.75, 3.05) is 0 Å². The van der Waals surface area contributed by atoms with E-state index in [4.69, 9.17) is 5.21 Å². The Morgan fingerprint density at radius 3 is 2.21 bits per heavy atom. The van der Waals surface area contributed by atoms with Gasteiger partial charge in [0.2, 0.25) is 0 Å². The lowest BCUT2D eigenvalue weighted by molar-refractivity contribution is -0.132. The largest absolute Gasteiger partial charge is 0.380 e. The zero-order chi connectivity index (χ0) is 11.1. The highest BCUT2D eigenvalue weighted by molar-refractivity contribution is 5.80. The van der Waals surface area contributed by atoms with Gasteiger partial charge in [0, 0.05) is 0 Å². The van der Waals surface area contributed by atoms with Gasteiger partial charge in [0.05, 0.1) is 0 Å². The number of allylic oxidation sites excluding steroid dienone is 1. The molecule has 1 amide bonds. The van der Waals surface area contributed by atoms with Crippen molar-refractivity contribution >= 4 is 5.91 Å². The molecule has 0 saturated heterocycles. The molecule has 0 fully saturated rings. The summed E-state index contributed by atoms with van der Waals surface area (Å²) < 4.78 is 0. The van der Waals surface area contributed by atoms with E-state index in [1.54, 1.807) is 11.7 Å². The molecule has 0 radical (unpaired) electrons. The predicted molar refractivity (Wildman–Crippen MR) is 55.7 cm³/mol. The molecule has 0 rings (SSSR count). The molecule has 0 spiro atoms. The Bertz CT molecular complexity index is 200. The highest BCUT2D eigenvalue weighted by Gasteiger charge is 2.19. The Balaban J connectivity index is 4.18. The summed E-state index contributed by atoms with van der Waals surface area (Å²) in [6.07, 6.45) is 3.71. The maximum atomic E-state index is 11.2. The van der Waals surface area contributed by atoms with Crippen molar-refractivity contribution in [1.82, 2.24) is 10.8 Å². The van der Waals surface area contributed by atoms with Crippen LogP contribution in [0.25, 0.3) is 0 Å². The lowest BCUT2D eigenvalue weighted by Crippen LogP contribution is -2.44. The summed E-state index contributed by atoms with van der Waals surface area (Å²) in [4.78, 5) is 11.2. The lowest BCUT2D eigenvalue weighted by Gasteiger charge is -2.18. The number of nitrogens with one attached hydrogen (secondary N) is 2. The summed E-state index contributed by atoms with van der Waals surface area (Å²) in [5, 5.41) is 11.4. The van der Waals surface area contributed by atoms with Gasteiger partial charge in [0.1, 0.15) is 6.04 Å². The molecule has 0 aromatic heterocycles. The summed E-state index contributed by atoms with van der Waals surface area (Å²) in [6, 6.07) is -0.394. The average Bonchev–Trinajstić information content (AvgIpc) is 2.10. The van der Waals surface area contributed by atoms with Crippen molar-refractivity contribution in [2.24, 2.45) is 11.8 Å². The van der Waals surface area contributed by atoms with E-state index in [1.165, 1.54) is 0 Å². The van der Waals surface area contributed by atoms with Crippen LogP contribution in [0, 0.1) is 11.8 Å². The van der Waals surface area contributed by atoms with E-state index in [2.05, 4.69) is 19.2 Å². The molecule has 4 heteroatoms. The summed E-state index contributed by atoms with van der Waals surface area (Å²) in [7, 11) is 0. The maximum absolute atomic E-state index is 11.2. The molecule has 82 valence electrons. The van der Waals surface area contributed by atoms with Crippen LogP contribution in [0.1, 0.15) is 27.7 Å². The number of carbonyl (C=O) groups excluding carboxylic acids is 1. The van der Waals surface area contributed by atoms with Crippen molar-refractivity contribution in [1.29, 1.82) is 0 Å². The van der Waals surface area contributed by atoms with Gasteiger partial charge in [-0.1, -0.05) is 33.8 Å². The summed E-state index contributed by atoms with van der Waals surface area (Å²) in [5.41, 5.74) is 1.65. The molecule has 0 aromatic rings. The van der Waals surface area contributed by atoms with Gasteiger partial charge in [-0.15, -0.1) is 0 Å². The average molecular weight is 200 g/mol. The maximum Gasteiger partial charge on any atom is 0.266 e. The zero-order valence-corrected chi connectivity index (χ0v) is 9.24. The summed E-state index contributed by atoms with van der Waals surface area (Å²) in [5.74, 6) is 0.153. The van der Waals surface area contributed by atoms with Gasteiger partial charge >= 0.3 is 0 Å². The molecular weight excluding hydrogens is 180 g/mol. The van der Waals surface area contributed by atoms with Crippen LogP contribution in [0.3, 0.4) is 0 Å². The van der Waals surface area contributed by atoms with Gasteiger partial charge in [0.25, 0.3) is 5.91 Å². The molecule has 0 aliphatic rings. The van der Waals surface area contributed by atoms with Crippen LogP contribution in [-0.2, 0) is 4.79 Å². The Kier molecular flexibility index (Phi) is 5.95. The molecule has 3 N–H and O–H groups in total. The zero-order valence-electron chi connectivity index (χ0n) is 9.24. The fourth-order valence-electron chi connectivity index (χ4n) is 0.992. The molecule has 0 aromatic carbocycles. The minimum absolute atomic E-state index is 0.124. The lowest BCUT2D eigenvalue weighted by atomic mass is 10.0. The molecular formula is C10H20N2O2. The van der Waals surface area contributed by atoms with Crippen LogP contribution < -0.4 is 10.8 Å². The summed E-state index contributed by atoms with van der Waals surface area (Å²) in [6.45, 7) is 7.93. The predicted octanol–water partition coefficient (Wildman–Crippen LogP) is 1.28. The fourth-order valence-corrected chi connectivity index (χ4v) is 0.992. The first-order valence-electron chi connectivity index (χ1n) is 4.85. The van der Waals surface area contributed by atoms with Gasteiger partial charge < -0.3 is 5.32 Å². The Hall–Kier alpha value is -1.03. The van der Waals surface area contributed by atoms with Crippen LogP contribution in [0.15, 0.2) is 12.3 Å². The Morgan fingerprint density at radius 1 is 1.29 bits per heavy atom. The number of hydrogen-bond acceptors (Lipinski definition) is 3. The molecule has 0 saturated carbocycles. The molecule has 0 aliphatic carbocycles. The van der Waals surface area contributed by atoms with Crippen LogP contribution >= 0.6 is 0 Å². The molecule has 1 unspecified atom stereocenters. The van der Waals surface area contributed by atoms with Crippen molar-refractivity contribution in [3.63, 3.8) is 0 Å². The van der Waals surface area contributed by atoms with Gasteiger partial charge in [-0.25, -0.2) is 5.48 Å². The van der Waals surface area contributed by atoms with Crippen LogP contribution in [0.5, 0.6) is 0 Å². The highest BCUT2D eigenvalue weighted by atomic mass is 16.5. The second kappa shape index (κ2) is 6.43. The van der Waals surface area contributed by atoms with Gasteiger partial charge in [-0.05, 0) is 18.0 Å². The quantitative estimate of drug-likeness (QED) is 0.462. The molecule has 14 heavy (non-hydrogen) atoms. The second-order valence-corrected chi connectivity index (χ2v) is 3.97. The first-order valence-corrected chi connectivity index (χ1v) is 4.85. The van der Waals surface area contributed by atoms with Crippen LogP contribution in [0.2, 0.25) is 0 Å². The Morgan fingerprint density at radius 2 is 1.86 bits per heavy atom. The van der Waals surface area contributed by atoms with E-state index in [0.29, 0.717) is 5.92 Å². The molecule has 0 aliphatic heterocycles. The monoisotopic (exact) mass is 200 g/mol. The minimum Gasteiger partial charge on any atom is -0.380 e. The van der Waals surface area contributed by atoms with Crippen molar-refractivity contribution < 1.29 is 10.0 Å². The normalized spacial score (nSPS) is 13.6. The minimum atomic E-state index is -0.409. The SMILES string of the molecule is CC(C)/C=C/NC(C(=O)NO)C(C)C. The van der Waals surface area contributed by atoms with E-state index in [9.17, 15) is 4.79 Å². The van der Waals surface area contributed by atoms with Crippen LogP contribution in [-0.4, -0.2) is 17.2 Å². The smallest absolute Gasteiger partial charge is 0.266 e. The molecule has 0 heterocycles. The van der Waals surface area contributed by atoms with Crippen LogP contribution in [0.4, 0.5) is 0 Å². The van der Waals surface area contributed by atoms with Crippen molar-refractivity contribution in [3.8, 4) is 0 Å². The first-order chi connectivity index (χ1) is 6.49. The van der Waals surface area contributed by atoms with E-state index in [1.807, 2.05) is 19.9 Å². The Labute approximate surface area is 85.3 Å². The number of hydroxylamine groups is 1. The molecule has 4 nitrogen and oxygen atoms in total. The van der Waals surface area contributed by atoms with E-state index >= 15 is 0 Å². The molecule has 1 atom stereocenters.